The number of halogens is 5. The Morgan fingerprint density at radius 2 is 1.48 bits per heavy atom. The lowest BCUT2D eigenvalue weighted by Crippen LogP contribution is -2.09. The molecule has 0 amide bonds. The van der Waals surface area contributed by atoms with E-state index in [1.807, 2.05) is 26.0 Å². The van der Waals surface area contributed by atoms with Gasteiger partial charge in [-0.2, -0.15) is 13.2 Å². The summed E-state index contributed by atoms with van der Waals surface area (Å²) in [6, 6.07) is 8.28. The summed E-state index contributed by atoms with van der Waals surface area (Å²) in [5.74, 6) is -1.30. The standard InChI is InChI=1S/C16H13ClF4/c1-9-3-4-11(7-10(9)2)15(17)12-5-6-14(18)13(8-12)16(19,20)21/h3-8,15H,1-2H3. The first-order valence-corrected chi connectivity index (χ1v) is 6.71. The van der Waals surface area contributed by atoms with Gasteiger partial charge in [-0.15, -0.1) is 11.6 Å². The molecule has 21 heavy (non-hydrogen) atoms. The molecule has 0 radical (unpaired) electrons. The Labute approximate surface area is 125 Å². The third-order valence-electron chi connectivity index (χ3n) is 3.41. The first-order valence-electron chi connectivity index (χ1n) is 6.28. The Hall–Kier alpha value is -1.55. The molecule has 2 aromatic carbocycles. The molecule has 2 rings (SSSR count). The lowest BCUT2D eigenvalue weighted by Gasteiger charge is -2.15. The van der Waals surface area contributed by atoms with Crippen molar-refractivity contribution >= 4 is 11.6 Å². The van der Waals surface area contributed by atoms with Crippen molar-refractivity contribution in [3.05, 3.63) is 70.0 Å². The van der Waals surface area contributed by atoms with Gasteiger partial charge >= 0.3 is 6.18 Å². The van der Waals surface area contributed by atoms with Gasteiger partial charge in [-0.25, -0.2) is 4.39 Å². The highest BCUT2D eigenvalue weighted by Gasteiger charge is 2.34. The number of hydrogen-bond acceptors (Lipinski definition) is 0. The molecule has 2 aromatic rings. The summed E-state index contributed by atoms with van der Waals surface area (Å²) in [5.41, 5.74) is 1.66. The van der Waals surface area contributed by atoms with E-state index in [2.05, 4.69) is 0 Å². The van der Waals surface area contributed by atoms with Crippen molar-refractivity contribution in [2.75, 3.05) is 0 Å². The van der Waals surface area contributed by atoms with Gasteiger partial charge in [-0.1, -0.05) is 24.3 Å². The second-order valence-corrected chi connectivity index (χ2v) is 5.38. The van der Waals surface area contributed by atoms with Crippen LogP contribution in [0.25, 0.3) is 0 Å². The van der Waals surface area contributed by atoms with Crippen LogP contribution in [0.15, 0.2) is 36.4 Å². The second-order valence-electron chi connectivity index (χ2n) is 4.94. The summed E-state index contributed by atoms with van der Waals surface area (Å²) in [6.07, 6.45) is -4.74. The van der Waals surface area contributed by atoms with Crippen LogP contribution in [0.1, 0.15) is 33.2 Å². The van der Waals surface area contributed by atoms with Crippen LogP contribution >= 0.6 is 11.6 Å². The van der Waals surface area contributed by atoms with Crippen molar-refractivity contribution in [2.45, 2.75) is 25.4 Å². The first-order chi connectivity index (χ1) is 9.70. The van der Waals surface area contributed by atoms with Gasteiger partial charge in [-0.05, 0) is 48.2 Å². The number of hydrogen-bond donors (Lipinski definition) is 0. The van der Waals surface area contributed by atoms with E-state index in [0.29, 0.717) is 5.56 Å². The minimum absolute atomic E-state index is 0.216. The smallest absolute Gasteiger partial charge is 0.206 e. The Morgan fingerprint density at radius 3 is 2.05 bits per heavy atom. The predicted molar refractivity (Wildman–Crippen MR) is 75.0 cm³/mol. The minimum Gasteiger partial charge on any atom is -0.206 e. The van der Waals surface area contributed by atoms with Crippen LogP contribution in [0.3, 0.4) is 0 Å². The van der Waals surface area contributed by atoms with Crippen LogP contribution in [0, 0.1) is 19.7 Å². The molecule has 0 aromatic heterocycles. The third-order valence-corrected chi connectivity index (χ3v) is 3.92. The molecule has 0 aliphatic carbocycles. The SMILES string of the molecule is Cc1ccc(C(Cl)c2ccc(F)c(C(F)(F)F)c2)cc1C. The molecule has 1 unspecified atom stereocenters. The van der Waals surface area contributed by atoms with Crippen molar-refractivity contribution in [3.63, 3.8) is 0 Å². The number of rotatable bonds is 2. The lowest BCUT2D eigenvalue weighted by molar-refractivity contribution is -0.140. The van der Waals surface area contributed by atoms with Gasteiger partial charge in [0.2, 0.25) is 0 Å². The normalized spacial score (nSPS) is 13.3. The number of benzene rings is 2. The fourth-order valence-corrected chi connectivity index (χ4v) is 2.30. The van der Waals surface area contributed by atoms with E-state index in [1.165, 1.54) is 6.07 Å². The highest BCUT2D eigenvalue weighted by Crippen LogP contribution is 2.36. The topological polar surface area (TPSA) is 0 Å². The zero-order valence-corrected chi connectivity index (χ0v) is 12.2. The fraction of sp³-hybridized carbons (Fsp3) is 0.250. The molecular weight excluding hydrogens is 304 g/mol. The van der Waals surface area contributed by atoms with Crippen LogP contribution in [0.5, 0.6) is 0 Å². The van der Waals surface area contributed by atoms with Crippen LogP contribution < -0.4 is 0 Å². The maximum atomic E-state index is 13.3. The molecule has 5 heteroatoms. The van der Waals surface area contributed by atoms with Crippen molar-refractivity contribution in [1.29, 1.82) is 0 Å². The van der Waals surface area contributed by atoms with E-state index >= 15 is 0 Å². The Morgan fingerprint density at radius 1 is 0.905 bits per heavy atom. The molecule has 0 heterocycles. The highest BCUT2D eigenvalue weighted by atomic mass is 35.5. The van der Waals surface area contributed by atoms with Crippen molar-refractivity contribution in [3.8, 4) is 0 Å². The molecule has 0 N–H and O–H groups in total. The molecule has 0 aliphatic rings. The van der Waals surface area contributed by atoms with Crippen LogP contribution in [0.4, 0.5) is 17.6 Å². The summed E-state index contributed by atoms with van der Waals surface area (Å²) in [4.78, 5) is 0. The summed E-state index contributed by atoms with van der Waals surface area (Å²) in [7, 11) is 0. The van der Waals surface area contributed by atoms with E-state index in [1.54, 1.807) is 6.07 Å². The maximum Gasteiger partial charge on any atom is 0.419 e. The lowest BCUT2D eigenvalue weighted by atomic mass is 9.98. The van der Waals surface area contributed by atoms with Gasteiger partial charge < -0.3 is 0 Å². The van der Waals surface area contributed by atoms with Crippen molar-refractivity contribution in [2.24, 2.45) is 0 Å². The molecule has 0 nitrogen and oxygen atoms in total. The Kier molecular flexibility index (Phi) is 4.28. The minimum atomic E-state index is -4.74. The fourth-order valence-electron chi connectivity index (χ4n) is 2.03. The molecule has 0 bridgehead atoms. The largest absolute Gasteiger partial charge is 0.419 e. The summed E-state index contributed by atoms with van der Waals surface area (Å²) < 4.78 is 51.5. The van der Waals surface area contributed by atoms with Crippen LogP contribution in [-0.2, 0) is 6.18 Å². The zero-order valence-electron chi connectivity index (χ0n) is 11.4. The average Bonchev–Trinajstić information content (AvgIpc) is 2.40. The first kappa shape index (κ1) is 15.8. The molecule has 0 saturated heterocycles. The van der Waals surface area contributed by atoms with Gasteiger partial charge in [0.25, 0.3) is 0 Å². The average molecular weight is 317 g/mol. The predicted octanol–water partition coefficient (Wildman–Crippen LogP) is 5.79. The van der Waals surface area contributed by atoms with Gasteiger partial charge in [0.05, 0.1) is 10.9 Å². The molecule has 0 saturated carbocycles. The molecule has 1 atom stereocenters. The number of aryl methyl sites for hydroxylation is 2. The van der Waals surface area contributed by atoms with Gasteiger partial charge in [0.1, 0.15) is 5.82 Å². The van der Waals surface area contributed by atoms with E-state index in [0.717, 1.165) is 23.3 Å². The van der Waals surface area contributed by atoms with Gasteiger partial charge in [-0.3, -0.25) is 0 Å². The van der Waals surface area contributed by atoms with Crippen molar-refractivity contribution in [1.82, 2.24) is 0 Å². The monoisotopic (exact) mass is 316 g/mol. The van der Waals surface area contributed by atoms with E-state index in [4.69, 9.17) is 11.6 Å². The summed E-state index contributed by atoms with van der Waals surface area (Å²) in [6.45, 7) is 3.83. The van der Waals surface area contributed by atoms with Crippen LogP contribution in [0.2, 0.25) is 0 Å². The molecule has 112 valence electrons. The van der Waals surface area contributed by atoms with Gasteiger partial charge in [0.15, 0.2) is 0 Å². The third kappa shape index (κ3) is 3.38. The van der Waals surface area contributed by atoms with Gasteiger partial charge in [0, 0.05) is 0 Å². The molecule has 0 fully saturated rings. The van der Waals surface area contributed by atoms with E-state index in [9.17, 15) is 17.6 Å². The van der Waals surface area contributed by atoms with E-state index < -0.39 is 22.9 Å². The Balaban J connectivity index is 2.44. The maximum absolute atomic E-state index is 13.3. The van der Waals surface area contributed by atoms with Crippen molar-refractivity contribution < 1.29 is 17.6 Å². The molecule has 0 spiro atoms. The zero-order chi connectivity index (χ0) is 15.8. The Bertz CT molecular complexity index is 662. The van der Waals surface area contributed by atoms with Crippen LogP contribution in [-0.4, -0.2) is 0 Å². The molecule has 0 aliphatic heterocycles. The summed E-state index contributed by atoms with van der Waals surface area (Å²) >= 11 is 6.24. The highest BCUT2D eigenvalue weighted by molar-refractivity contribution is 6.22. The number of alkyl halides is 4. The summed E-state index contributed by atoms with van der Waals surface area (Å²) in [5, 5.41) is -0.758. The van der Waals surface area contributed by atoms with E-state index in [-0.39, 0.29) is 5.56 Å². The second kappa shape index (κ2) is 5.68. The quantitative estimate of drug-likeness (QED) is 0.486. The molecular formula is C16H13ClF4.